The van der Waals surface area contributed by atoms with E-state index in [4.69, 9.17) is 10.1 Å². The SMILES string of the molecule is COc1cn(-c2ccccc2OC(F)F)nc(/C(=C/C=N)Nc2ccccc2)c1=O. The van der Waals surface area contributed by atoms with Crippen LogP contribution < -0.4 is 20.2 Å². The molecule has 0 saturated heterocycles. The molecule has 0 atom stereocenters. The molecule has 0 radical (unpaired) electrons. The highest BCUT2D eigenvalue weighted by molar-refractivity contribution is 5.87. The minimum atomic E-state index is -3.03. The molecule has 3 aromatic rings. The fourth-order valence-corrected chi connectivity index (χ4v) is 2.70. The van der Waals surface area contributed by atoms with Crippen molar-refractivity contribution in [1.82, 2.24) is 9.78 Å². The fourth-order valence-electron chi connectivity index (χ4n) is 2.70. The zero-order valence-electron chi connectivity index (χ0n) is 15.9. The van der Waals surface area contributed by atoms with Gasteiger partial charge in [-0.2, -0.15) is 13.9 Å². The minimum absolute atomic E-state index is 0.0578. The predicted octanol–water partition coefficient (Wildman–Crippen LogP) is 3.95. The summed E-state index contributed by atoms with van der Waals surface area (Å²) in [6.45, 7) is -3.03. The minimum Gasteiger partial charge on any atom is -0.491 e. The Kier molecular flexibility index (Phi) is 6.53. The van der Waals surface area contributed by atoms with E-state index < -0.39 is 12.0 Å². The zero-order valence-corrected chi connectivity index (χ0v) is 15.9. The van der Waals surface area contributed by atoms with E-state index in [1.165, 1.54) is 36.2 Å². The maximum Gasteiger partial charge on any atom is 0.387 e. The Morgan fingerprint density at radius 2 is 1.83 bits per heavy atom. The monoisotopic (exact) mass is 412 g/mol. The van der Waals surface area contributed by atoms with Gasteiger partial charge >= 0.3 is 6.61 Å². The molecule has 0 saturated carbocycles. The number of rotatable bonds is 8. The Bertz CT molecular complexity index is 1110. The third kappa shape index (κ3) is 4.69. The van der Waals surface area contributed by atoms with Crippen molar-refractivity contribution in [3.63, 3.8) is 0 Å². The Labute approximate surface area is 170 Å². The highest BCUT2D eigenvalue weighted by Crippen LogP contribution is 2.25. The first-order chi connectivity index (χ1) is 14.5. The first-order valence-corrected chi connectivity index (χ1v) is 8.79. The molecule has 7 nitrogen and oxygen atoms in total. The van der Waals surface area contributed by atoms with Crippen molar-refractivity contribution in [2.45, 2.75) is 6.61 Å². The number of methoxy groups -OCH3 is 1. The third-order valence-electron chi connectivity index (χ3n) is 3.99. The fraction of sp³-hybridized carbons (Fsp3) is 0.0952. The van der Waals surface area contributed by atoms with Crippen LogP contribution in [0.2, 0.25) is 0 Å². The topological polar surface area (TPSA) is 89.2 Å². The van der Waals surface area contributed by atoms with Crippen LogP contribution in [0.4, 0.5) is 14.5 Å². The van der Waals surface area contributed by atoms with Crippen LogP contribution in [0.25, 0.3) is 11.4 Å². The van der Waals surface area contributed by atoms with Crippen LogP contribution >= 0.6 is 0 Å². The maximum absolute atomic E-state index is 12.8. The summed E-state index contributed by atoms with van der Waals surface area (Å²) in [6.07, 6.45) is 3.65. The molecule has 0 amide bonds. The number of nitrogens with one attached hydrogen (secondary N) is 2. The van der Waals surface area contributed by atoms with Crippen molar-refractivity contribution < 1.29 is 18.3 Å². The highest BCUT2D eigenvalue weighted by Gasteiger charge is 2.18. The van der Waals surface area contributed by atoms with E-state index >= 15 is 0 Å². The number of alkyl halides is 2. The molecule has 1 aromatic heterocycles. The van der Waals surface area contributed by atoms with Gasteiger partial charge in [0.15, 0.2) is 17.2 Å². The van der Waals surface area contributed by atoms with E-state index in [1.54, 1.807) is 36.4 Å². The summed E-state index contributed by atoms with van der Waals surface area (Å²) in [7, 11) is 1.32. The lowest BCUT2D eigenvalue weighted by Crippen LogP contribution is -2.21. The molecule has 154 valence electrons. The molecule has 0 aliphatic heterocycles. The van der Waals surface area contributed by atoms with Gasteiger partial charge in [-0.05, 0) is 30.3 Å². The Hall–Kier alpha value is -4.01. The van der Waals surface area contributed by atoms with Crippen molar-refractivity contribution in [3.05, 3.63) is 82.8 Å². The molecule has 0 bridgehead atoms. The molecule has 0 fully saturated rings. The van der Waals surface area contributed by atoms with E-state index in [9.17, 15) is 13.6 Å². The summed E-state index contributed by atoms with van der Waals surface area (Å²) in [6, 6.07) is 15.0. The van der Waals surface area contributed by atoms with E-state index in [1.807, 2.05) is 6.07 Å². The summed E-state index contributed by atoms with van der Waals surface area (Å²) >= 11 is 0. The Morgan fingerprint density at radius 3 is 2.50 bits per heavy atom. The maximum atomic E-state index is 12.8. The zero-order chi connectivity index (χ0) is 21.5. The van der Waals surface area contributed by atoms with Crippen LogP contribution in [-0.4, -0.2) is 29.7 Å². The first kappa shape index (κ1) is 20.7. The number of ether oxygens (including phenoxy) is 2. The number of hydrogen-bond donors (Lipinski definition) is 2. The predicted molar refractivity (Wildman–Crippen MR) is 110 cm³/mol. The molecule has 1 heterocycles. The van der Waals surface area contributed by atoms with Crippen LogP contribution in [0, 0.1) is 5.41 Å². The number of benzene rings is 2. The summed E-state index contributed by atoms with van der Waals surface area (Å²) in [5, 5.41) is 14.8. The lowest BCUT2D eigenvalue weighted by atomic mass is 10.2. The van der Waals surface area contributed by atoms with Gasteiger partial charge in [-0.15, -0.1) is 0 Å². The van der Waals surface area contributed by atoms with E-state index in [2.05, 4.69) is 15.2 Å². The average Bonchev–Trinajstić information content (AvgIpc) is 2.74. The highest BCUT2D eigenvalue weighted by atomic mass is 19.3. The van der Waals surface area contributed by atoms with E-state index in [0.29, 0.717) is 5.69 Å². The smallest absolute Gasteiger partial charge is 0.387 e. The normalized spacial score (nSPS) is 11.3. The van der Waals surface area contributed by atoms with Gasteiger partial charge in [-0.25, -0.2) is 4.68 Å². The number of halogens is 2. The quantitative estimate of drug-likeness (QED) is 0.547. The summed E-state index contributed by atoms with van der Waals surface area (Å²) in [5.41, 5.74) is 0.501. The molecule has 0 spiro atoms. The van der Waals surface area contributed by atoms with Gasteiger partial charge in [-0.3, -0.25) is 4.79 Å². The summed E-state index contributed by atoms with van der Waals surface area (Å²) in [5.74, 6) is -0.178. The Balaban J connectivity index is 2.15. The largest absolute Gasteiger partial charge is 0.491 e. The summed E-state index contributed by atoms with van der Waals surface area (Å²) < 4.78 is 36.6. The molecule has 3 rings (SSSR count). The molecule has 30 heavy (non-hydrogen) atoms. The van der Waals surface area contributed by atoms with Crippen LogP contribution in [0.5, 0.6) is 11.5 Å². The van der Waals surface area contributed by atoms with Crippen molar-refractivity contribution in [2.75, 3.05) is 12.4 Å². The molecule has 0 aliphatic rings. The van der Waals surface area contributed by atoms with Crippen molar-refractivity contribution in [2.24, 2.45) is 0 Å². The van der Waals surface area contributed by atoms with Gasteiger partial charge in [0.05, 0.1) is 19.0 Å². The standard InChI is InChI=1S/C21H18F2N4O3/c1-29-18-13-27(16-9-5-6-10-17(16)30-21(22)23)26-19(20(18)28)15(11-12-24)25-14-7-3-2-4-8-14/h2-13,21,24-25H,1H3/b15-11-,24-12?. The second-order valence-corrected chi connectivity index (χ2v) is 5.90. The number of para-hydroxylation sites is 3. The van der Waals surface area contributed by atoms with Gasteiger partial charge in [0.25, 0.3) is 5.43 Å². The molecular weight excluding hydrogens is 394 g/mol. The number of aromatic nitrogens is 2. The third-order valence-corrected chi connectivity index (χ3v) is 3.99. The van der Waals surface area contributed by atoms with E-state index in [-0.39, 0.29) is 28.6 Å². The van der Waals surface area contributed by atoms with Crippen molar-refractivity contribution in [1.29, 1.82) is 5.41 Å². The number of anilines is 1. The van der Waals surface area contributed by atoms with Gasteiger partial charge in [-0.1, -0.05) is 30.3 Å². The molecule has 0 unspecified atom stereocenters. The Morgan fingerprint density at radius 1 is 1.13 bits per heavy atom. The van der Waals surface area contributed by atoms with Crippen molar-refractivity contribution >= 4 is 17.6 Å². The number of allylic oxidation sites excluding steroid dienone is 1. The summed E-state index contributed by atoms with van der Waals surface area (Å²) in [4.78, 5) is 12.8. The molecule has 2 N–H and O–H groups in total. The second kappa shape index (κ2) is 9.46. The van der Waals surface area contributed by atoms with Crippen LogP contribution in [0.3, 0.4) is 0 Å². The molecule has 9 heteroatoms. The van der Waals surface area contributed by atoms with E-state index in [0.717, 1.165) is 6.21 Å². The lowest BCUT2D eigenvalue weighted by molar-refractivity contribution is -0.0499. The average molecular weight is 412 g/mol. The van der Waals surface area contributed by atoms with Crippen molar-refractivity contribution in [3.8, 4) is 17.2 Å². The number of hydrogen-bond acceptors (Lipinski definition) is 6. The lowest BCUT2D eigenvalue weighted by Gasteiger charge is -2.16. The van der Waals surface area contributed by atoms with Crippen LogP contribution in [0.1, 0.15) is 5.69 Å². The second-order valence-electron chi connectivity index (χ2n) is 5.90. The first-order valence-electron chi connectivity index (χ1n) is 8.79. The van der Waals surface area contributed by atoms with Crippen LogP contribution in [0.15, 0.2) is 71.7 Å². The van der Waals surface area contributed by atoms with Gasteiger partial charge in [0.1, 0.15) is 5.69 Å². The molecular formula is C21H18F2N4O3. The number of nitrogens with zero attached hydrogens (tertiary/aromatic N) is 2. The molecule has 2 aromatic carbocycles. The molecule has 0 aliphatic carbocycles. The van der Waals surface area contributed by atoms with Gasteiger partial charge in [0, 0.05) is 11.9 Å². The van der Waals surface area contributed by atoms with Gasteiger partial charge < -0.3 is 20.2 Å². The van der Waals surface area contributed by atoms with Gasteiger partial charge in [0.2, 0.25) is 0 Å². The van der Waals surface area contributed by atoms with Crippen LogP contribution in [-0.2, 0) is 0 Å².